The number of hydrogen-bond donors (Lipinski definition) is 1. The van der Waals surface area contributed by atoms with Crippen LogP contribution in [0, 0.1) is 0 Å². The summed E-state index contributed by atoms with van der Waals surface area (Å²) in [5.41, 5.74) is 0.217. The van der Waals surface area contributed by atoms with E-state index in [0.29, 0.717) is 45.9 Å². The molecule has 1 aliphatic rings. The molecule has 1 amide bonds. The summed E-state index contributed by atoms with van der Waals surface area (Å²) in [5.74, 6) is 0.0671. The molecular formula is C18H28Cl2F3N3O2. The molecule has 28 heavy (non-hydrogen) atoms. The molecule has 0 bridgehead atoms. The van der Waals surface area contributed by atoms with Crippen molar-refractivity contribution in [2.45, 2.75) is 19.1 Å². The Kier molecular flexibility index (Phi) is 12.7. The summed E-state index contributed by atoms with van der Waals surface area (Å²) in [7, 11) is 1.61. The van der Waals surface area contributed by atoms with Gasteiger partial charge >= 0.3 is 6.18 Å². The van der Waals surface area contributed by atoms with Crippen LogP contribution in [0.5, 0.6) is 0 Å². The molecule has 0 saturated carbocycles. The van der Waals surface area contributed by atoms with E-state index in [0.717, 1.165) is 30.7 Å². The van der Waals surface area contributed by atoms with Crippen LogP contribution in [0.2, 0.25) is 0 Å². The van der Waals surface area contributed by atoms with Crippen molar-refractivity contribution in [1.29, 1.82) is 0 Å². The highest BCUT2D eigenvalue weighted by atomic mass is 35.5. The Labute approximate surface area is 176 Å². The van der Waals surface area contributed by atoms with Crippen molar-refractivity contribution in [3.8, 4) is 0 Å². The van der Waals surface area contributed by atoms with Gasteiger partial charge in [0.2, 0.25) is 5.91 Å². The van der Waals surface area contributed by atoms with Gasteiger partial charge in [-0.15, -0.1) is 24.8 Å². The predicted molar refractivity (Wildman–Crippen MR) is 107 cm³/mol. The minimum Gasteiger partial charge on any atom is -0.383 e. The summed E-state index contributed by atoms with van der Waals surface area (Å²) < 4.78 is 42.8. The van der Waals surface area contributed by atoms with E-state index in [2.05, 4.69) is 10.2 Å². The second kappa shape index (κ2) is 13.2. The minimum absolute atomic E-state index is 0. The van der Waals surface area contributed by atoms with Crippen LogP contribution in [0.3, 0.4) is 0 Å². The maximum Gasteiger partial charge on any atom is 0.416 e. The SMILES string of the molecule is COCCNCC(=O)N1CCCN(Cc2ccc(C(F)(F)F)cc2)CC1.Cl.Cl. The van der Waals surface area contributed by atoms with Crippen molar-refractivity contribution in [3.05, 3.63) is 35.4 Å². The summed E-state index contributed by atoms with van der Waals surface area (Å²) in [6.07, 6.45) is -3.45. The van der Waals surface area contributed by atoms with Gasteiger partial charge in [0.05, 0.1) is 18.7 Å². The largest absolute Gasteiger partial charge is 0.416 e. The molecule has 2 rings (SSSR count). The molecule has 0 radical (unpaired) electrons. The van der Waals surface area contributed by atoms with Gasteiger partial charge in [-0.2, -0.15) is 13.2 Å². The van der Waals surface area contributed by atoms with E-state index in [9.17, 15) is 18.0 Å². The van der Waals surface area contributed by atoms with Gasteiger partial charge in [0.1, 0.15) is 0 Å². The van der Waals surface area contributed by atoms with Gasteiger partial charge in [-0.1, -0.05) is 12.1 Å². The summed E-state index contributed by atoms with van der Waals surface area (Å²) in [6.45, 7) is 4.95. The fraction of sp³-hybridized carbons (Fsp3) is 0.611. The highest BCUT2D eigenvalue weighted by molar-refractivity contribution is 5.85. The van der Waals surface area contributed by atoms with Gasteiger partial charge in [-0.25, -0.2) is 0 Å². The molecule has 1 saturated heterocycles. The molecule has 0 atom stereocenters. The summed E-state index contributed by atoms with van der Waals surface area (Å²) in [6, 6.07) is 5.29. The third kappa shape index (κ3) is 8.96. The number of halogens is 5. The average molecular weight is 446 g/mol. The number of hydrogen-bond acceptors (Lipinski definition) is 4. The zero-order chi connectivity index (χ0) is 19.0. The van der Waals surface area contributed by atoms with Crippen LogP contribution >= 0.6 is 24.8 Å². The zero-order valence-corrected chi connectivity index (χ0v) is 17.5. The Morgan fingerprint density at radius 3 is 2.39 bits per heavy atom. The molecule has 1 aromatic carbocycles. The van der Waals surface area contributed by atoms with E-state index < -0.39 is 11.7 Å². The first-order chi connectivity index (χ1) is 12.4. The Morgan fingerprint density at radius 2 is 1.79 bits per heavy atom. The van der Waals surface area contributed by atoms with Crippen LogP contribution in [-0.2, 0) is 22.3 Å². The number of methoxy groups -OCH3 is 1. The van der Waals surface area contributed by atoms with Gasteiger partial charge < -0.3 is 15.0 Å². The second-order valence-corrected chi connectivity index (χ2v) is 6.37. The van der Waals surface area contributed by atoms with Crippen molar-refractivity contribution in [2.75, 3.05) is 53.0 Å². The van der Waals surface area contributed by atoms with Crippen LogP contribution in [0.1, 0.15) is 17.5 Å². The first kappa shape index (κ1) is 26.9. The first-order valence-corrected chi connectivity index (χ1v) is 8.76. The quantitative estimate of drug-likeness (QED) is 0.655. The smallest absolute Gasteiger partial charge is 0.383 e. The first-order valence-electron chi connectivity index (χ1n) is 8.76. The lowest BCUT2D eigenvalue weighted by atomic mass is 10.1. The number of rotatable bonds is 7. The highest BCUT2D eigenvalue weighted by Gasteiger charge is 2.30. The Morgan fingerprint density at radius 1 is 1.11 bits per heavy atom. The Hall–Kier alpha value is -1.06. The number of carbonyl (C=O) groups is 1. The molecule has 1 aromatic rings. The van der Waals surface area contributed by atoms with Crippen molar-refractivity contribution in [3.63, 3.8) is 0 Å². The molecule has 1 heterocycles. The maximum atomic E-state index is 12.6. The van der Waals surface area contributed by atoms with E-state index in [-0.39, 0.29) is 30.7 Å². The van der Waals surface area contributed by atoms with Crippen LogP contribution in [0.15, 0.2) is 24.3 Å². The normalized spacial score (nSPS) is 15.4. The number of alkyl halides is 3. The van der Waals surface area contributed by atoms with Crippen molar-refractivity contribution in [2.24, 2.45) is 0 Å². The number of nitrogens with zero attached hydrogens (tertiary/aromatic N) is 2. The fourth-order valence-electron chi connectivity index (χ4n) is 2.92. The molecule has 162 valence electrons. The molecular weight excluding hydrogens is 418 g/mol. The van der Waals surface area contributed by atoms with Crippen LogP contribution in [0.25, 0.3) is 0 Å². The van der Waals surface area contributed by atoms with Gasteiger partial charge in [0.15, 0.2) is 0 Å². The minimum atomic E-state index is -4.31. The predicted octanol–water partition coefficient (Wildman–Crippen LogP) is 2.82. The van der Waals surface area contributed by atoms with E-state index in [1.165, 1.54) is 12.1 Å². The number of carbonyl (C=O) groups excluding carboxylic acids is 1. The molecule has 10 heteroatoms. The van der Waals surface area contributed by atoms with E-state index >= 15 is 0 Å². The number of nitrogens with one attached hydrogen (secondary N) is 1. The van der Waals surface area contributed by atoms with Crippen molar-refractivity contribution >= 4 is 30.7 Å². The van der Waals surface area contributed by atoms with Crippen LogP contribution < -0.4 is 5.32 Å². The van der Waals surface area contributed by atoms with Crippen LogP contribution in [0.4, 0.5) is 13.2 Å². The van der Waals surface area contributed by atoms with Gasteiger partial charge in [0, 0.05) is 46.4 Å². The highest BCUT2D eigenvalue weighted by Crippen LogP contribution is 2.29. The van der Waals surface area contributed by atoms with Crippen molar-refractivity contribution < 1.29 is 22.7 Å². The molecule has 0 unspecified atom stereocenters. The van der Waals surface area contributed by atoms with Gasteiger partial charge in [0.25, 0.3) is 0 Å². The average Bonchev–Trinajstić information content (AvgIpc) is 2.84. The molecule has 1 fully saturated rings. The molecule has 0 aromatic heterocycles. The zero-order valence-electron chi connectivity index (χ0n) is 15.8. The molecule has 1 N–H and O–H groups in total. The molecule has 5 nitrogen and oxygen atoms in total. The lowest BCUT2D eigenvalue weighted by Crippen LogP contribution is -2.41. The molecule has 0 spiro atoms. The number of benzene rings is 1. The van der Waals surface area contributed by atoms with Gasteiger partial charge in [-0.3, -0.25) is 9.69 Å². The lowest BCUT2D eigenvalue weighted by molar-refractivity contribution is -0.137. The van der Waals surface area contributed by atoms with Crippen LogP contribution in [-0.4, -0.2) is 68.7 Å². The van der Waals surface area contributed by atoms with E-state index in [4.69, 9.17) is 4.74 Å². The van der Waals surface area contributed by atoms with Crippen molar-refractivity contribution in [1.82, 2.24) is 15.1 Å². The topological polar surface area (TPSA) is 44.8 Å². The number of amides is 1. The molecule has 1 aliphatic heterocycles. The summed E-state index contributed by atoms with van der Waals surface area (Å²) in [5, 5.41) is 3.05. The Bertz CT molecular complexity index is 574. The van der Waals surface area contributed by atoms with E-state index in [1.807, 2.05) is 4.90 Å². The van der Waals surface area contributed by atoms with E-state index in [1.54, 1.807) is 7.11 Å². The monoisotopic (exact) mass is 445 g/mol. The molecule has 0 aliphatic carbocycles. The van der Waals surface area contributed by atoms with Gasteiger partial charge in [-0.05, 0) is 24.1 Å². The lowest BCUT2D eigenvalue weighted by Gasteiger charge is -2.22. The third-order valence-electron chi connectivity index (χ3n) is 4.39. The summed E-state index contributed by atoms with van der Waals surface area (Å²) in [4.78, 5) is 16.2. The Balaban J connectivity index is 0.00000364. The second-order valence-electron chi connectivity index (χ2n) is 6.37. The summed E-state index contributed by atoms with van der Waals surface area (Å²) >= 11 is 0. The fourth-order valence-corrected chi connectivity index (χ4v) is 2.92. The third-order valence-corrected chi connectivity index (χ3v) is 4.39. The standard InChI is InChI=1S/C18H26F3N3O2.2ClH/c1-26-12-7-22-13-17(25)24-9-2-8-23(10-11-24)14-15-3-5-16(6-4-15)18(19,20)21;;/h3-6,22H,2,7-14H2,1H3;2*1H. The number of ether oxygens (including phenoxy) is 1. The maximum absolute atomic E-state index is 12.6.